The highest BCUT2D eigenvalue weighted by Gasteiger charge is 2.45. The van der Waals surface area contributed by atoms with Crippen LogP contribution in [0.1, 0.15) is 37.7 Å². The maximum atomic E-state index is 13.5. The van der Waals surface area contributed by atoms with E-state index in [1.807, 2.05) is 11.0 Å². The largest absolute Gasteiger partial charge is 0.343 e. The summed E-state index contributed by atoms with van der Waals surface area (Å²) in [6, 6.07) is 7.17. The number of rotatable bonds is 1. The van der Waals surface area contributed by atoms with E-state index >= 15 is 0 Å². The van der Waals surface area contributed by atoms with E-state index in [2.05, 4.69) is 14.6 Å². The molecule has 7 nitrogen and oxygen atoms in total. The van der Waals surface area contributed by atoms with Gasteiger partial charge in [-0.3, -0.25) is 4.79 Å². The molecule has 0 spiro atoms. The number of likely N-dealkylation sites (tertiary alicyclic amines) is 1. The summed E-state index contributed by atoms with van der Waals surface area (Å²) in [5, 5.41) is 3.43. The molecule has 5 rings (SSSR count). The number of nitrogens with zero attached hydrogens (tertiary/aromatic N) is 3. The molecule has 1 aromatic rings. The molecule has 27 heavy (non-hydrogen) atoms. The van der Waals surface area contributed by atoms with Gasteiger partial charge in [-0.1, -0.05) is 12.1 Å². The lowest BCUT2D eigenvalue weighted by molar-refractivity contribution is -0.137. The van der Waals surface area contributed by atoms with Gasteiger partial charge in [0.2, 0.25) is 5.91 Å². The van der Waals surface area contributed by atoms with E-state index in [1.54, 1.807) is 18.2 Å². The summed E-state index contributed by atoms with van der Waals surface area (Å²) in [6.45, 7) is 2.48. The monoisotopic (exact) mass is 388 g/mol. The Balaban J connectivity index is 1.47. The zero-order valence-corrected chi connectivity index (χ0v) is 16.0. The van der Waals surface area contributed by atoms with Crippen molar-refractivity contribution < 1.29 is 13.2 Å². The lowest BCUT2D eigenvalue weighted by Gasteiger charge is -2.34. The smallest absolute Gasteiger partial charge is 0.285 e. The van der Waals surface area contributed by atoms with Crippen molar-refractivity contribution in [2.24, 2.45) is 4.40 Å². The fourth-order valence-electron chi connectivity index (χ4n) is 5.09. The fourth-order valence-corrected chi connectivity index (χ4v) is 6.30. The van der Waals surface area contributed by atoms with E-state index in [0.29, 0.717) is 24.0 Å². The molecule has 4 heterocycles. The first-order valence-corrected chi connectivity index (χ1v) is 11.2. The topological polar surface area (TPSA) is 82.1 Å². The Bertz CT molecular complexity index is 899. The van der Waals surface area contributed by atoms with Crippen LogP contribution in [0.4, 0.5) is 0 Å². The van der Waals surface area contributed by atoms with E-state index < -0.39 is 10.0 Å². The number of hydrogen-bond donors (Lipinski definition) is 1. The van der Waals surface area contributed by atoms with Gasteiger partial charge in [-0.2, -0.15) is 8.42 Å². The number of sulfonamides is 1. The zero-order valence-electron chi connectivity index (χ0n) is 15.2. The molecule has 1 aromatic carbocycles. The molecule has 3 unspecified atom stereocenters. The van der Waals surface area contributed by atoms with Gasteiger partial charge in [0.1, 0.15) is 10.9 Å². The maximum Gasteiger partial charge on any atom is 0.285 e. The lowest BCUT2D eigenvalue weighted by atomic mass is 10.1. The van der Waals surface area contributed by atoms with Gasteiger partial charge < -0.3 is 15.1 Å². The number of carbonyl (C=O) groups excluding carboxylic acids is 1. The van der Waals surface area contributed by atoms with E-state index in [9.17, 15) is 13.2 Å². The van der Waals surface area contributed by atoms with Crippen LogP contribution in [0.25, 0.3) is 0 Å². The summed E-state index contributed by atoms with van der Waals surface area (Å²) >= 11 is 0. The minimum Gasteiger partial charge on any atom is -0.343 e. The molecule has 3 saturated heterocycles. The Morgan fingerprint density at radius 1 is 1.11 bits per heavy atom. The van der Waals surface area contributed by atoms with Crippen LogP contribution in [0, 0.1) is 0 Å². The molecular formula is C19H24N4O3S. The van der Waals surface area contributed by atoms with Gasteiger partial charge in [0.05, 0.1) is 0 Å². The van der Waals surface area contributed by atoms with Gasteiger partial charge in [-0.25, -0.2) is 0 Å². The van der Waals surface area contributed by atoms with Crippen molar-refractivity contribution >= 4 is 21.8 Å². The van der Waals surface area contributed by atoms with Gasteiger partial charge in [-0.15, -0.1) is 4.40 Å². The average Bonchev–Trinajstić information content (AvgIpc) is 3.29. The van der Waals surface area contributed by atoms with Crippen molar-refractivity contribution in [2.45, 2.75) is 55.1 Å². The highest BCUT2D eigenvalue weighted by Crippen LogP contribution is 2.34. The second-order valence-electron chi connectivity index (χ2n) is 7.86. The SMILES string of the molecule is O=C(C1CCCN1C1=NS(=O)(=O)c2ccccc21)N1C2CCNCC1CC2. The third-order valence-corrected chi connectivity index (χ3v) is 7.66. The van der Waals surface area contributed by atoms with Gasteiger partial charge in [0.15, 0.2) is 5.84 Å². The molecule has 0 aliphatic carbocycles. The average molecular weight is 388 g/mol. The summed E-state index contributed by atoms with van der Waals surface area (Å²) < 4.78 is 28.9. The van der Waals surface area contributed by atoms with E-state index in [4.69, 9.17) is 0 Å². The summed E-state index contributed by atoms with van der Waals surface area (Å²) in [5.41, 5.74) is 0.623. The van der Waals surface area contributed by atoms with Gasteiger partial charge in [0, 0.05) is 30.7 Å². The summed E-state index contributed by atoms with van der Waals surface area (Å²) in [6.07, 6.45) is 4.74. The van der Waals surface area contributed by atoms with Crippen LogP contribution in [-0.2, 0) is 14.8 Å². The molecule has 0 aromatic heterocycles. The van der Waals surface area contributed by atoms with Crippen molar-refractivity contribution in [3.63, 3.8) is 0 Å². The van der Waals surface area contributed by atoms with Crippen molar-refractivity contribution in [1.82, 2.24) is 15.1 Å². The molecule has 1 amide bonds. The van der Waals surface area contributed by atoms with Crippen molar-refractivity contribution in [3.8, 4) is 0 Å². The quantitative estimate of drug-likeness (QED) is 0.775. The minimum absolute atomic E-state index is 0.146. The standard InChI is InChI=1S/C19H24N4O3S/c24-19(23-13-7-8-14(23)12-20-10-9-13)16-5-3-11-22(16)18-15-4-1-2-6-17(15)27(25,26)21-18/h1-2,4,6,13-14,16,20H,3,5,7-12H2. The third-order valence-electron chi connectivity index (χ3n) is 6.33. The van der Waals surface area contributed by atoms with E-state index in [0.717, 1.165) is 45.2 Å². The first kappa shape index (κ1) is 17.2. The molecule has 0 radical (unpaired) electrons. The maximum absolute atomic E-state index is 13.5. The number of hydrogen-bond acceptors (Lipinski definition) is 5. The van der Waals surface area contributed by atoms with Crippen LogP contribution in [0.15, 0.2) is 33.6 Å². The van der Waals surface area contributed by atoms with Crippen LogP contribution in [-0.4, -0.2) is 67.7 Å². The molecular weight excluding hydrogens is 364 g/mol. The van der Waals surface area contributed by atoms with Gasteiger partial charge in [0.25, 0.3) is 10.0 Å². The van der Waals surface area contributed by atoms with Gasteiger partial charge >= 0.3 is 0 Å². The van der Waals surface area contributed by atoms with Crippen LogP contribution < -0.4 is 5.32 Å². The predicted octanol–water partition coefficient (Wildman–Crippen LogP) is 0.953. The summed E-state index contributed by atoms with van der Waals surface area (Å²) in [4.78, 5) is 17.8. The van der Waals surface area contributed by atoms with Crippen molar-refractivity contribution in [3.05, 3.63) is 29.8 Å². The van der Waals surface area contributed by atoms with Crippen molar-refractivity contribution in [2.75, 3.05) is 19.6 Å². The second kappa shape index (κ2) is 6.31. The fraction of sp³-hybridized carbons (Fsp3) is 0.579. The number of nitrogens with one attached hydrogen (secondary N) is 1. The number of amides is 1. The van der Waals surface area contributed by atoms with Crippen LogP contribution in [0.5, 0.6) is 0 Å². The highest BCUT2D eigenvalue weighted by molar-refractivity contribution is 7.90. The Labute approximate surface area is 159 Å². The lowest BCUT2D eigenvalue weighted by Crippen LogP contribution is -2.52. The van der Waals surface area contributed by atoms with Crippen LogP contribution in [0.3, 0.4) is 0 Å². The zero-order chi connectivity index (χ0) is 18.6. The van der Waals surface area contributed by atoms with Gasteiger partial charge in [-0.05, 0) is 50.8 Å². The first-order valence-electron chi connectivity index (χ1n) is 9.80. The normalized spacial score (nSPS) is 31.6. The number of benzene rings is 1. The first-order chi connectivity index (χ1) is 13.1. The number of carbonyl (C=O) groups is 1. The molecule has 4 aliphatic heterocycles. The van der Waals surface area contributed by atoms with Crippen LogP contribution >= 0.6 is 0 Å². The Morgan fingerprint density at radius 2 is 1.93 bits per heavy atom. The molecule has 144 valence electrons. The Hall–Kier alpha value is -1.93. The molecule has 8 heteroatoms. The number of fused-ring (bicyclic) bond motifs is 3. The Kier molecular flexibility index (Phi) is 4.01. The minimum atomic E-state index is -3.67. The second-order valence-corrected chi connectivity index (χ2v) is 9.43. The molecule has 1 N–H and O–H groups in total. The van der Waals surface area contributed by atoms with Crippen LogP contribution in [0.2, 0.25) is 0 Å². The van der Waals surface area contributed by atoms with Crippen molar-refractivity contribution in [1.29, 1.82) is 0 Å². The summed E-state index contributed by atoms with van der Waals surface area (Å²) in [5.74, 6) is 0.593. The molecule has 3 atom stereocenters. The molecule has 0 saturated carbocycles. The summed E-state index contributed by atoms with van der Waals surface area (Å²) in [7, 11) is -3.67. The molecule has 2 bridgehead atoms. The highest BCUT2D eigenvalue weighted by atomic mass is 32.2. The van der Waals surface area contributed by atoms with E-state index in [-0.39, 0.29) is 22.9 Å². The number of amidine groups is 1. The molecule has 4 aliphatic rings. The van der Waals surface area contributed by atoms with E-state index in [1.165, 1.54) is 0 Å². The Morgan fingerprint density at radius 3 is 2.81 bits per heavy atom. The molecule has 3 fully saturated rings. The predicted molar refractivity (Wildman–Crippen MR) is 101 cm³/mol. The third kappa shape index (κ3) is 2.69.